The molecular weight excluding hydrogens is 220 g/mol. The number of rotatable bonds is 2. The smallest absolute Gasteiger partial charge is 0.159 e. The molecule has 0 spiro atoms. The molecule has 16 heavy (non-hydrogen) atoms. The number of fused-ring (bicyclic) bond motifs is 1. The summed E-state index contributed by atoms with van der Waals surface area (Å²) in [6.45, 7) is 3.65. The number of carbonyl (C=O) groups excluding carboxylic acids is 1. The maximum atomic E-state index is 11.3. The molecule has 0 aliphatic heterocycles. The van der Waals surface area contributed by atoms with Crippen LogP contribution in [0.3, 0.4) is 0 Å². The van der Waals surface area contributed by atoms with E-state index in [4.69, 9.17) is 11.6 Å². The Morgan fingerprint density at radius 3 is 2.56 bits per heavy atom. The third-order valence-corrected chi connectivity index (χ3v) is 3.14. The van der Waals surface area contributed by atoms with Gasteiger partial charge in [-0.15, -0.1) is 0 Å². The molecule has 0 saturated heterocycles. The number of hydrogen-bond donors (Lipinski definition) is 0. The third-order valence-electron chi connectivity index (χ3n) is 2.79. The van der Waals surface area contributed by atoms with Gasteiger partial charge in [0.2, 0.25) is 0 Å². The third kappa shape index (κ3) is 1.96. The molecule has 0 fully saturated rings. The normalized spacial score (nSPS) is 10.7. The number of ketones is 1. The first-order valence-electron chi connectivity index (χ1n) is 5.35. The number of hydrogen-bond acceptors (Lipinski definition) is 1. The van der Waals surface area contributed by atoms with E-state index < -0.39 is 0 Å². The van der Waals surface area contributed by atoms with Gasteiger partial charge in [-0.05, 0) is 47.9 Å². The average Bonchev–Trinajstić information content (AvgIpc) is 2.27. The van der Waals surface area contributed by atoms with Gasteiger partial charge in [-0.25, -0.2) is 0 Å². The molecule has 0 aliphatic carbocycles. The van der Waals surface area contributed by atoms with Crippen LogP contribution in [0.5, 0.6) is 0 Å². The van der Waals surface area contributed by atoms with Crippen molar-refractivity contribution in [3.63, 3.8) is 0 Å². The number of Topliss-reactive ketones (excluding diaryl/α,β-unsaturated/α-hetero) is 1. The van der Waals surface area contributed by atoms with Crippen molar-refractivity contribution in [2.24, 2.45) is 0 Å². The van der Waals surface area contributed by atoms with Crippen LogP contribution in [0.15, 0.2) is 30.3 Å². The lowest BCUT2D eigenvalue weighted by Crippen LogP contribution is -1.91. The fourth-order valence-electron chi connectivity index (χ4n) is 1.81. The van der Waals surface area contributed by atoms with Gasteiger partial charge in [0.15, 0.2) is 5.78 Å². The first-order valence-corrected chi connectivity index (χ1v) is 5.72. The van der Waals surface area contributed by atoms with Gasteiger partial charge in [0.25, 0.3) is 0 Å². The molecule has 1 nitrogen and oxygen atoms in total. The van der Waals surface area contributed by atoms with Crippen molar-refractivity contribution in [2.45, 2.75) is 20.3 Å². The molecule has 82 valence electrons. The summed E-state index contributed by atoms with van der Waals surface area (Å²) in [7, 11) is 0. The predicted molar refractivity (Wildman–Crippen MR) is 68.3 cm³/mol. The summed E-state index contributed by atoms with van der Waals surface area (Å²) < 4.78 is 0. The zero-order chi connectivity index (χ0) is 11.7. The molecule has 0 aromatic heterocycles. The second-order valence-electron chi connectivity index (χ2n) is 3.92. The monoisotopic (exact) mass is 232 g/mol. The van der Waals surface area contributed by atoms with E-state index in [1.165, 1.54) is 0 Å². The lowest BCUT2D eigenvalue weighted by molar-refractivity contribution is 0.101. The van der Waals surface area contributed by atoms with Crippen molar-refractivity contribution in [1.29, 1.82) is 0 Å². The van der Waals surface area contributed by atoms with Gasteiger partial charge in [-0.2, -0.15) is 0 Å². The maximum absolute atomic E-state index is 11.3. The van der Waals surface area contributed by atoms with E-state index in [1.54, 1.807) is 6.92 Å². The molecule has 0 saturated carbocycles. The van der Waals surface area contributed by atoms with Crippen LogP contribution >= 0.6 is 11.6 Å². The summed E-state index contributed by atoms with van der Waals surface area (Å²) in [5.41, 5.74) is 1.87. The summed E-state index contributed by atoms with van der Waals surface area (Å²) in [5.74, 6) is 0.0811. The second kappa shape index (κ2) is 4.26. The van der Waals surface area contributed by atoms with Crippen LogP contribution in [0.4, 0.5) is 0 Å². The van der Waals surface area contributed by atoms with Crippen molar-refractivity contribution >= 4 is 28.2 Å². The van der Waals surface area contributed by atoms with E-state index in [0.29, 0.717) is 0 Å². The highest BCUT2D eigenvalue weighted by Gasteiger charge is 2.04. The van der Waals surface area contributed by atoms with Gasteiger partial charge < -0.3 is 0 Å². The summed E-state index contributed by atoms with van der Waals surface area (Å²) >= 11 is 6.15. The van der Waals surface area contributed by atoms with Crippen LogP contribution < -0.4 is 0 Å². The highest BCUT2D eigenvalue weighted by Crippen LogP contribution is 2.25. The molecule has 0 atom stereocenters. The van der Waals surface area contributed by atoms with E-state index in [2.05, 4.69) is 13.0 Å². The molecule has 0 N–H and O–H groups in total. The average molecular weight is 233 g/mol. The Bertz CT molecular complexity index is 558. The lowest BCUT2D eigenvalue weighted by Gasteiger charge is -2.05. The van der Waals surface area contributed by atoms with Gasteiger partial charge in [0.1, 0.15) is 0 Å². The van der Waals surface area contributed by atoms with Crippen molar-refractivity contribution in [3.8, 4) is 0 Å². The Morgan fingerprint density at radius 1 is 1.19 bits per heavy atom. The minimum Gasteiger partial charge on any atom is -0.295 e. The van der Waals surface area contributed by atoms with Gasteiger partial charge in [0, 0.05) is 10.6 Å². The van der Waals surface area contributed by atoms with Crippen molar-refractivity contribution < 1.29 is 4.79 Å². The van der Waals surface area contributed by atoms with Gasteiger partial charge in [-0.3, -0.25) is 4.79 Å². The Labute approximate surface area is 100 Å². The molecular formula is C14H13ClO. The molecule has 0 amide bonds. The van der Waals surface area contributed by atoms with Crippen LogP contribution in [0.25, 0.3) is 10.8 Å². The van der Waals surface area contributed by atoms with Crippen LogP contribution in [0.2, 0.25) is 5.02 Å². The van der Waals surface area contributed by atoms with Gasteiger partial charge in [0.05, 0.1) is 0 Å². The Kier molecular flexibility index (Phi) is 2.97. The number of carbonyl (C=O) groups is 1. The molecule has 0 aliphatic rings. The zero-order valence-electron chi connectivity index (χ0n) is 9.38. The van der Waals surface area contributed by atoms with Crippen LogP contribution in [-0.4, -0.2) is 5.78 Å². The van der Waals surface area contributed by atoms with Gasteiger partial charge in [-0.1, -0.05) is 30.7 Å². The van der Waals surface area contributed by atoms with Crippen LogP contribution in [0.1, 0.15) is 29.8 Å². The van der Waals surface area contributed by atoms with E-state index in [0.717, 1.165) is 33.3 Å². The quantitative estimate of drug-likeness (QED) is 0.708. The van der Waals surface area contributed by atoms with E-state index in [-0.39, 0.29) is 5.78 Å². The zero-order valence-corrected chi connectivity index (χ0v) is 10.1. The molecule has 0 bridgehead atoms. The van der Waals surface area contributed by atoms with E-state index in [1.807, 2.05) is 24.3 Å². The standard InChI is InChI=1S/C14H13ClO/c1-3-10-6-12-5-4-11(9(2)16)7-13(12)8-14(10)15/h4-8H,3H2,1-2H3. The summed E-state index contributed by atoms with van der Waals surface area (Å²) in [4.78, 5) is 11.3. The SMILES string of the molecule is CCc1cc2ccc(C(C)=O)cc2cc1Cl. The Morgan fingerprint density at radius 2 is 1.94 bits per heavy atom. The first-order chi connectivity index (χ1) is 7.61. The minimum atomic E-state index is 0.0811. The van der Waals surface area contributed by atoms with Crippen molar-refractivity contribution in [1.82, 2.24) is 0 Å². The predicted octanol–water partition coefficient (Wildman–Crippen LogP) is 4.26. The first kappa shape index (κ1) is 11.2. The van der Waals surface area contributed by atoms with E-state index >= 15 is 0 Å². The van der Waals surface area contributed by atoms with Crippen molar-refractivity contribution in [2.75, 3.05) is 0 Å². The van der Waals surface area contributed by atoms with E-state index in [9.17, 15) is 4.79 Å². The number of aryl methyl sites for hydroxylation is 1. The molecule has 2 heteroatoms. The largest absolute Gasteiger partial charge is 0.295 e. The van der Waals surface area contributed by atoms with Crippen LogP contribution in [0, 0.1) is 0 Å². The number of halogens is 1. The lowest BCUT2D eigenvalue weighted by atomic mass is 10.0. The molecule has 2 rings (SSSR count). The van der Waals surface area contributed by atoms with Gasteiger partial charge >= 0.3 is 0 Å². The minimum absolute atomic E-state index is 0.0811. The van der Waals surface area contributed by atoms with Crippen molar-refractivity contribution in [3.05, 3.63) is 46.5 Å². The highest BCUT2D eigenvalue weighted by atomic mass is 35.5. The molecule has 0 unspecified atom stereocenters. The molecule has 0 heterocycles. The van der Waals surface area contributed by atoms with Crippen LogP contribution in [-0.2, 0) is 6.42 Å². The Balaban J connectivity index is 2.66. The molecule has 2 aromatic rings. The fraction of sp³-hybridized carbons (Fsp3) is 0.214. The summed E-state index contributed by atoms with van der Waals surface area (Å²) in [6.07, 6.45) is 0.920. The highest BCUT2D eigenvalue weighted by molar-refractivity contribution is 6.32. The topological polar surface area (TPSA) is 17.1 Å². The molecule has 2 aromatic carbocycles. The summed E-state index contributed by atoms with van der Waals surface area (Å²) in [5, 5.41) is 2.93. The maximum Gasteiger partial charge on any atom is 0.159 e. The summed E-state index contributed by atoms with van der Waals surface area (Å²) in [6, 6.07) is 9.74. The molecule has 0 radical (unpaired) electrons. The fourth-order valence-corrected chi connectivity index (χ4v) is 2.11. The Hall–Kier alpha value is -1.34. The number of benzene rings is 2. The second-order valence-corrected chi connectivity index (χ2v) is 4.32.